The SMILES string of the molecule is [O]CC(=O)N1CC[S+]([O-])CC1. The predicted molar refractivity (Wildman–Crippen MR) is 40.0 cm³/mol. The Bertz CT molecular complexity index is 145. The van der Waals surface area contributed by atoms with Crippen LogP contribution in [-0.2, 0) is 21.1 Å². The van der Waals surface area contributed by atoms with E-state index in [0.717, 1.165) is 0 Å². The molecule has 0 aromatic rings. The van der Waals surface area contributed by atoms with Crippen LogP contribution in [-0.4, -0.2) is 46.6 Å². The van der Waals surface area contributed by atoms with Gasteiger partial charge in [-0.05, 0) is 0 Å². The number of hydrogen-bond acceptors (Lipinski definition) is 2. The normalized spacial score (nSPS) is 20.4. The summed E-state index contributed by atoms with van der Waals surface area (Å²) in [6.07, 6.45) is 0. The second kappa shape index (κ2) is 3.94. The molecule has 1 aliphatic rings. The molecule has 0 saturated carbocycles. The summed E-state index contributed by atoms with van der Waals surface area (Å²) in [5.74, 6) is 0.666. The lowest BCUT2D eigenvalue weighted by Gasteiger charge is -2.27. The molecule has 63 valence electrons. The van der Waals surface area contributed by atoms with Gasteiger partial charge in [0.2, 0.25) is 0 Å². The fourth-order valence-corrected chi connectivity index (χ4v) is 2.03. The summed E-state index contributed by atoms with van der Waals surface area (Å²) >= 11 is -0.775. The molecule has 1 saturated heterocycles. The predicted octanol–water partition coefficient (Wildman–Crippen LogP) is -0.992. The average Bonchev–Trinajstić information content (AvgIpc) is 2.05. The molecule has 1 aliphatic heterocycles. The molecule has 0 N–H and O–H groups in total. The minimum atomic E-state index is -0.775. The van der Waals surface area contributed by atoms with Gasteiger partial charge in [0.15, 0.2) is 6.61 Å². The van der Waals surface area contributed by atoms with Crippen molar-refractivity contribution in [3.05, 3.63) is 0 Å². The van der Waals surface area contributed by atoms with E-state index in [-0.39, 0.29) is 5.91 Å². The molecular weight excluding hydrogens is 166 g/mol. The van der Waals surface area contributed by atoms with Crippen molar-refractivity contribution in [1.29, 1.82) is 0 Å². The maximum absolute atomic E-state index is 10.8. The first-order valence-electron chi connectivity index (χ1n) is 3.45. The quantitative estimate of drug-likeness (QED) is 0.481. The second-order valence-corrected chi connectivity index (χ2v) is 4.07. The van der Waals surface area contributed by atoms with Gasteiger partial charge in [-0.25, -0.2) is 5.11 Å². The molecule has 1 amide bonds. The summed E-state index contributed by atoms with van der Waals surface area (Å²) in [6.45, 7) is 0.272. The van der Waals surface area contributed by atoms with E-state index in [1.54, 1.807) is 0 Å². The van der Waals surface area contributed by atoms with Crippen LogP contribution >= 0.6 is 0 Å². The van der Waals surface area contributed by atoms with E-state index >= 15 is 0 Å². The molecule has 1 rings (SSSR count). The van der Waals surface area contributed by atoms with Gasteiger partial charge >= 0.3 is 0 Å². The van der Waals surface area contributed by atoms with E-state index in [9.17, 15) is 14.5 Å². The van der Waals surface area contributed by atoms with Gasteiger partial charge in [-0.3, -0.25) is 4.79 Å². The zero-order chi connectivity index (χ0) is 8.27. The molecule has 0 bridgehead atoms. The monoisotopic (exact) mass is 176 g/mol. The maximum Gasteiger partial charge on any atom is 0.252 e. The summed E-state index contributed by atoms with van der Waals surface area (Å²) in [6, 6.07) is 0. The van der Waals surface area contributed by atoms with Crippen LogP contribution in [0.1, 0.15) is 0 Å². The van der Waals surface area contributed by atoms with Gasteiger partial charge in [-0.1, -0.05) is 11.2 Å². The largest absolute Gasteiger partial charge is 0.616 e. The van der Waals surface area contributed by atoms with Gasteiger partial charge in [0, 0.05) is 0 Å². The first-order chi connectivity index (χ1) is 5.24. The average molecular weight is 176 g/mol. The van der Waals surface area contributed by atoms with E-state index in [1.807, 2.05) is 0 Å². The van der Waals surface area contributed by atoms with Crippen LogP contribution < -0.4 is 0 Å². The van der Waals surface area contributed by atoms with E-state index in [2.05, 4.69) is 0 Å². The third-order valence-corrected chi connectivity index (χ3v) is 2.93. The van der Waals surface area contributed by atoms with E-state index in [1.165, 1.54) is 4.90 Å². The summed E-state index contributed by atoms with van der Waals surface area (Å²) in [7, 11) is 0. The van der Waals surface area contributed by atoms with E-state index < -0.39 is 17.8 Å². The van der Waals surface area contributed by atoms with Crippen molar-refractivity contribution < 1.29 is 14.5 Å². The highest BCUT2D eigenvalue weighted by Gasteiger charge is 2.22. The first kappa shape index (κ1) is 8.83. The lowest BCUT2D eigenvalue weighted by Crippen LogP contribution is -2.44. The Hall–Kier alpha value is -0.260. The number of carbonyl (C=O) groups is 1. The van der Waals surface area contributed by atoms with Gasteiger partial charge in [0.1, 0.15) is 11.5 Å². The zero-order valence-corrected chi connectivity index (χ0v) is 6.93. The molecule has 0 aromatic heterocycles. The minimum absolute atomic E-state index is 0.373. The standard InChI is InChI=1S/C6H10NO3S/c8-5-6(9)7-1-3-11(10)4-2-7/h1-5H2. The summed E-state index contributed by atoms with van der Waals surface area (Å²) < 4.78 is 10.8. The Labute approximate surface area is 68.4 Å². The minimum Gasteiger partial charge on any atom is -0.616 e. The van der Waals surface area contributed by atoms with Gasteiger partial charge in [0.05, 0.1) is 13.1 Å². The summed E-state index contributed by atoms with van der Waals surface area (Å²) in [5, 5.41) is 10.1. The molecule has 0 aromatic carbocycles. The summed E-state index contributed by atoms with van der Waals surface area (Å²) in [5.41, 5.74) is 0. The smallest absolute Gasteiger partial charge is 0.252 e. The number of rotatable bonds is 1. The van der Waals surface area contributed by atoms with Crippen molar-refractivity contribution in [3.63, 3.8) is 0 Å². The fraction of sp³-hybridized carbons (Fsp3) is 0.833. The molecule has 0 unspecified atom stereocenters. The zero-order valence-electron chi connectivity index (χ0n) is 6.12. The van der Waals surface area contributed by atoms with Gasteiger partial charge < -0.3 is 9.45 Å². The summed E-state index contributed by atoms with van der Waals surface area (Å²) in [4.78, 5) is 12.3. The van der Waals surface area contributed by atoms with Crippen LogP contribution in [0.25, 0.3) is 0 Å². The first-order valence-corrected chi connectivity index (χ1v) is 4.93. The molecule has 0 atom stereocenters. The second-order valence-electron chi connectivity index (χ2n) is 2.37. The van der Waals surface area contributed by atoms with Crippen LogP contribution in [0, 0.1) is 0 Å². The van der Waals surface area contributed by atoms with Gasteiger partial charge in [0.25, 0.3) is 5.91 Å². The molecule has 5 heteroatoms. The highest BCUT2D eigenvalue weighted by molar-refractivity contribution is 7.91. The molecule has 0 aliphatic carbocycles. The highest BCUT2D eigenvalue weighted by atomic mass is 32.2. The van der Waals surface area contributed by atoms with E-state index in [4.69, 9.17) is 0 Å². The Kier molecular flexibility index (Phi) is 3.16. The molecular formula is C6H10NO3S. The lowest BCUT2D eigenvalue weighted by atomic mass is 10.4. The molecule has 4 nitrogen and oxygen atoms in total. The number of nitrogens with zero attached hydrogens (tertiary/aromatic N) is 1. The van der Waals surface area contributed by atoms with Crippen LogP contribution in [0.3, 0.4) is 0 Å². The van der Waals surface area contributed by atoms with Crippen molar-refractivity contribution in [2.24, 2.45) is 0 Å². The van der Waals surface area contributed by atoms with Crippen LogP contribution in [0.4, 0.5) is 0 Å². The van der Waals surface area contributed by atoms with Crippen LogP contribution in [0.5, 0.6) is 0 Å². The Morgan fingerprint density at radius 1 is 1.45 bits per heavy atom. The molecule has 0 spiro atoms. The van der Waals surface area contributed by atoms with Crippen molar-refractivity contribution in [3.8, 4) is 0 Å². The Balaban J connectivity index is 2.33. The van der Waals surface area contributed by atoms with Crippen molar-refractivity contribution in [2.75, 3.05) is 31.2 Å². The third-order valence-electron chi connectivity index (χ3n) is 1.65. The van der Waals surface area contributed by atoms with Gasteiger partial charge in [-0.2, -0.15) is 0 Å². The fourth-order valence-electron chi connectivity index (χ4n) is 0.979. The third kappa shape index (κ3) is 2.36. The maximum atomic E-state index is 10.8. The Morgan fingerprint density at radius 3 is 2.45 bits per heavy atom. The van der Waals surface area contributed by atoms with Crippen molar-refractivity contribution in [2.45, 2.75) is 0 Å². The molecule has 1 fully saturated rings. The number of carbonyl (C=O) groups excluding carboxylic acids is 1. The van der Waals surface area contributed by atoms with Crippen molar-refractivity contribution >= 4 is 17.1 Å². The molecule has 1 radical (unpaired) electrons. The van der Waals surface area contributed by atoms with Crippen LogP contribution in [0.15, 0.2) is 0 Å². The van der Waals surface area contributed by atoms with E-state index in [0.29, 0.717) is 24.6 Å². The number of hydrogen-bond donors (Lipinski definition) is 0. The lowest BCUT2D eigenvalue weighted by molar-refractivity contribution is -0.135. The van der Waals surface area contributed by atoms with Gasteiger partial charge in [-0.15, -0.1) is 0 Å². The Morgan fingerprint density at radius 2 is 2.00 bits per heavy atom. The number of amides is 1. The topological polar surface area (TPSA) is 63.3 Å². The highest BCUT2D eigenvalue weighted by Crippen LogP contribution is 2.03. The molecule has 1 heterocycles. The molecule has 11 heavy (non-hydrogen) atoms. The van der Waals surface area contributed by atoms with Crippen molar-refractivity contribution in [1.82, 2.24) is 4.90 Å². The van der Waals surface area contributed by atoms with Crippen LogP contribution in [0.2, 0.25) is 0 Å².